The van der Waals surface area contributed by atoms with Crippen molar-refractivity contribution in [2.45, 2.75) is 0 Å². The van der Waals surface area contributed by atoms with Gasteiger partial charge in [-0.05, 0) is 30.3 Å². The highest BCUT2D eigenvalue weighted by Crippen LogP contribution is 2.21. The lowest BCUT2D eigenvalue weighted by molar-refractivity contribution is 0.102. The Morgan fingerprint density at radius 3 is 2.67 bits per heavy atom. The minimum Gasteiger partial charge on any atom is -0.397 e. The van der Waals surface area contributed by atoms with Crippen LogP contribution in [0.5, 0.6) is 0 Å². The predicted molar refractivity (Wildman–Crippen MR) is 73.1 cm³/mol. The Morgan fingerprint density at radius 2 is 2.00 bits per heavy atom. The second kappa shape index (κ2) is 5.25. The van der Waals surface area contributed by atoms with Crippen LogP contribution in [0.2, 0.25) is 10.0 Å². The molecule has 0 aliphatic heterocycles. The Labute approximate surface area is 114 Å². The van der Waals surface area contributed by atoms with E-state index in [2.05, 4.69) is 10.3 Å². The molecule has 6 heteroatoms. The number of anilines is 2. The molecule has 92 valence electrons. The molecule has 0 aliphatic carbocycles. The fourth-order valence-electron chi connectivity index (χ4n) is 1.33. The molecule has 1 aromatic heterocycles. The minimum absolute atomic E-state index is 0.294. The van der Waals surface area contributed by atoms with E-state index in [1.165, 1.54) is 12.3 Å². The van der Waals surface area contributed by atoms with Gasteiger partial charge in [0.25, 0.3) is 5.91 Å². The predicted octanol–water partition coefficient (Wildman–Crippen LogP) is 3.22. The van der Waals surface area contributed by atoms with E-state index in [9.17, 15) is 4.79 Å². The van der Waals surface area contributed by atoms with E-state index in [-0.39, 0.29) is 5.91 Å². The Hall–Kier alpha value is -1.78. The summed E-state index contributed by atoms with van der Waals surface area (Å²) in [5.74, 6) is 0.0185. The summed E-state index contributed by atoms with van der Waals surface area (Å²) in [7, 11) is 0. The molecule has 2 rings (SSSR count). The maximum Gasteiger partial charge on any atom is 0.258 e. The SMILES string of the molecule is Nc1ccc(NC(=O)c2cc(Cl)ccc2Cl)nc1. The van der Waals surface area contributed by atoms with Crippen molar-refractivity contribution in [3.05, 3.63) is 52.1 Å². The lowest BCUT2D eigenvalue weighted by atomic mass is 10.2. The number of nitrogens with zero attached hydrogens (tertiary/aromatic N) is 1. The highest BCUT2D eigenvalue weighted by molar-refractivity contribution is 6.36. The zero-order valence-electron chi connectivity index (χ0n) is 9.15. The third-order valence-corrected chi connectivity index (χ3v) is 2.77. The van der Waals surface area contributed by atoms with E-state index in [4.69, 9.17) is 28.9 Å². The summed E-state index contributed by atoms with van der Waals surface area (Å²) in [6.07, 6.45) is 1.45. The minimum atomic E-state index is -0.375. The van der Waals surface area contributed by atoms with Crippen LogP contribution in [0.15, 0.2) is 36.5 Å². The van der Waals surface area contributed by atoms with Gasteiger partial charge in [-0.3, -0.25) is 4.79 Å². The van der Waals surface area contributed by atoms with Gasteiger partial charge in [0, 0.05) is 5.02 Å². The Balaban J connectivity index is 2.21. The van der Waals surface area contributed by atoms with Crippen molar-refractivity contribution in [3.8, 4) is 0 Å². The molecule has 0 spiro atoms. The van der Waals surface area contributed by atoms with E-state index in [0.717, 1.165) is 0 Å². The van der Waals surface area contributed by atoms with Gasteiger partial charge in [-0.1, -0.05) is 23.2 Å². The molecule has 0 saturated carbocycles. The molecule has 0 aliphatic rings. The number of rotatable bonds is 2. The first-order valence-electron chi connectivity index (χ1n) is 5.04. The molecule has 1 heterocycles. The molecule has 0 unspecified atom stereocenters. The van der Waals surface area contributed by atoms with Gasteiger partial charge in [0.15, 0.2) is 0 Å². The van der Waals surface area contributed by atoms with Crippen molar-refractivity contribution in [2.24, 2.45) is 0 Å². The summed E-state index contributed by atoms with van der Waals surface area (Å²) in [5, 5.41) is 3.37. The molecular weight excluding hydrogens is 273 g/mol. The van der Waals surface area contributed by atoms with Crippen molar-refractivity contribution in [3.63, 3.8) is 0 Å². The fraction of sp³-hybridized carbons (Fsp3) is 0. The van der Waals surface area contributed by atoms with Crippen LogP contribution in [0, 0.1) is 0 Å². The molecule has 0 saturated heterocycles. The zero-order valence-corrected chi connectivity index (χ0v) is 10.7. The van der Waals surface area contributed by atoms with Gasteiger partial charge in [-0.15, -0.1) is 0 Å². The first-order chi connectivity index (χ1) is 8.56. The van der Waals surface area contributed by atoms with Crippen LogP contribution in [-0.2, 0) is 0 Å². The number of carbonyl (C=O) groups is 1. The molecule has 2 aromatic rings. The van der Waals surface area contributed by atoms with Gasteiger partial charge >= 0.3 is 0 Å². The average Bonchev–Trinajstić information content (AvgIpc) is 2.35. The maximum atomic E-state index is 11.9. The molecular formula is C12H9Cl2N3O. The number of hydrogen-bond donors (Lipinski definition) is 2. The molecule has 1 aromatic carbocycles. The monoisotopic (exact) mass is 281 g/mol. The third-order valence-electron chi connectivity index (χ3n) is 2.20. The normalized spacial score (nSPS) is 10.1. The molecule has 0 radical (unpaired) electrons. The average molecular weight is 282 g/mol. The number of carbonyl (C=O) groups excluding carboxylic acids is 1. The summed E-state index contributed by atoms with van der Waals surface area (Å²) in [5.41, 5.74) is 6.32. The summed E-state index contributed by atoms with van der Waals surface area (Å²) in [6, 6.07) is 7.92. The van der Waals surface area contributed by atoms with Crippen molar-refractivity contribution < 1.29 is 4.79 Å². The van der Waals surface area contributed by atoms with Gasteiger partial charge < -0.3 is 11.1 Å². The number of benzene rings is 1. The number of nitrogens with two attached hydrogens (primary N) is 1. The number of aromatic nitrogens is 1. The van der Waals surface area contributed by atoms with E-state index in [0.29, 0.717) is 27.1 Å². The topological polar surface area (TPSA) is 68.0 Å². The maximum absolute atomic E-state index is 11.9. The molecule has 0 fully saturated rings. The van der Waals surface area contributed by atoms with Crippen LogP contribution in [0.4, 0.5) is 11.5 Å². The summed E-state index contributed by atoms with van der Waals surface area (Å²) in [6.45, 7) is 0. The second-order valence-corrected chi connectivity index (χ2v) is 4.40. The zero-order chi connectivity index (χ0) is 13.1. The standard InChI is InChI=1S/C12H9Cl2N3O/c13-7-1-3-10(14)9(5-7)12(18)17-11-4-2-8(15)6-16-11/h1-6H,15H2,(H,16,17,18). The van der Waals surface area contributed by atoms with Crippen molar-refractivity contribution in [2.75, 3.05) is 11.1 Å². The van der Waals surface area contributed by atoms with Crippen LogP contribution in [0.1, 0.15) is 10.4 Å². The quantitative estimate of drug-likeness (QED) is 0.888. The van der Waals surface area contributed by atoms with E-state index in [1.807, 2.05) is 0 Å². The van der Waals surface area contributed by atoms with Gasteiger partial charge in [-0.25, -0.2) is 4.98 Å². The fourth-order valence-corrected chi connectivity index (χ4v) is 1.71. The van der Waals surface area contributed by atoms with Gasteiger partial charge in [0.2, 0.25) is 0 Å². The van der Waals surface area contributed by atoms with E-state index >= 15 is 0 Å². The van der Waals surface area contributed by atoms with Gasteiger partial charge in [-0.2, -0.15) is 0 Å². The largest absolute Gasteiger partial charge is 0.397 e. The number of nitrogens with one attached hydrogen (secondary N) is 1. The number of halogens is 2. The second-order valence-electron chi connectivity index (χ2n) is 3.56. The number of amides is 1. The van der Waals surface area contributed by atoms with Crippen LogP contribution >= 0.6 is 23.2 Å². The Bertz CT molecular complexity index is 584. The van der Waals surface area contributed by atoms with E-state index in [1.54, 1.807) is 24.3 Å². The van der Waals surface area contributed by atoms with Crippen LogP contribution in [-0.4, -0.2) is 10.9 Å². The van der Waals surface area contributed by atoms with Crippen molar-refractivity contribution in [1.82, 2.24) is 4.98 Å². The smallest absolute Gasteiger partial charge is 0.258 e. The molecule has 18 heavy (non-hydrogen) atoms. The number of pyridine rings is 1. The van der Waals surface area contributed by atoms with Gasteiger partial charge in [0.1, 0.15) is 5.82 Å². The highest BCUT2D eigenvalue weighted by Gasteiger charge is 2.11. The third kappa shape index (κ3) is 2.91. The van der Waals surface area contributed by atoms with Crippen LogP contribution < -0.4 is 11.1 Å². The summed E-state index contributed by atoms with van der Waals surface area (Å²) < 4.78 is 0. The highest BCUT2D eigenvalue weighted by atomic mass is 35.5. The number of hydrogen-bond acceptors (Lipinski definition) is 3. The van der Waals surface area contributed by atoms with Crippen LogP contribution in [0.3, 0.4) is 0 Å². The lowest BCUT2D eigenvalue weighted by Crippen LogP contribution is -2.13. The Kier molecular flexibility index (Phi) is 3.69. The molecule has 4 nitrogen and oxygen atoms in total. The first-order valence-corrected chi connectivity index (χ1v) is 5.80. The molecule has 0 atom stereocenters. The summed E-state index contributed by atoms with van der Waals surface area (Å²) in [4.78, 5) is 15.9. The van der Waals surface area contributed by atoms with Gasteiger partial charge in [0.05, 0.1) is 22.5 Å². The summed E-state index contributed by atoms with van der Waals surface area (Å²) >= 11 is 11.7. The molecule has 0 bridgehead atoms. The molecule has 1 amide bonds. The van der Waals surface area contributed by atoms with E-state index < -0.39 is 0 Å². The van der Waals surface area contributed by atoms with Crippen LogP contribution in [0.25, 0.3) is 0 Å². The number of nitrogen functional groups attached to an aromatic ring is 1. The molecule has 3 N–H and O–H groups in total. The van der Waals surface area contributed by atoms with Crippen molar-refractivity contribution >= 4 is 40.6 Å². The first kappa shape index (κ1) is 12.7. The van der Waals surface area contributed by atoms with Crippen molar-refractivity contribution in [1.29, 1.82) is 0 Å². The lowest BCUT2D eigenvalue weighted by Gasteiger charge is -2.06. The Morgan fingerprint density at radius 1 is 1.22 bits per heavy atom.